The number of benzene rings is 1. The summed E-state index contributed by atoms with van der Waals surface area (Å²) in [5.74, 6) is -0.00889. The number of carbonyl (C=O) groups excluding carboxylic acids is 1. The Labute approximate surface area is 109 Å². The lowest BCUT2D eigenvalue weighted by Crippen LogP contribution is -2.24. The van der Waals surface area contributed by atoms with Crippen molar-refractivity contribution in [3.63, 3.8) is 0 Å². The lowest BCUT2D eigenvalue weighted by Gasteiger charge is -2.06. The molecule has 2 heteroatoms. The van der Waals surface area contributed by atoms with Gasteiger partial charge in [-0.3, -0.25) is 4.79 Å². The fourth-order valence-corrected chi connectivity index (χ4v) is 1.66. The molecule has 0 fully saturated rings. The highest BCUT2D eigenvalue weighted by Gasteiger charge is 2.07. The van der Waals surface area contributed by atoms with Crippen molar-refractivity contribution >= 4 is 5.91 Å². The first-order valence-corrected chi connectivity index (χ1v) is 6.50. The van der Waals surface area contributed by atoms with Gasteiger partial charge in [0.05, 0.1) is 5.57 Å². The Morgan fingerprint density at radius 2 is 2.06 bits per heavy atom. The fraction of sp³-hybridized carbons (Fsp3) is 0.375. The molecule has 0 radical (unpaired) electrons. The summed E-state index contributed by atoms with van der Waals surface area (Å²) in [6, 6.07) is 9.93. The third kappa shape index (κ3) is 5.03. The average molecular weight is 243 g/mol. The van der Waals surface area contributed by atoms with Crippen LogP contribution in [0.1, 0.15) is 38.7 Å². The van der Waals surface area contributed by atoms with Gasteiger partial charge in [-0.2, -0.15) is 0 Å². The van der Waals surface area contributed by atoms with Gasteiger partial charge in [0.1, 0.15) is 0 Å². The first-order valence-electron chi connectivity index (χ1n) is 6.50. The molecule has 1 N–H and O–H groups in total. The maximum Gasteiger partial charge on any atom is 0.255 e. The predicted molar refractivity (Wildman–Crippen MR) is 75.1 cm³/mol. The normalized spacial score (nSPS) is 9.44. The molecule has 0 saturated heterocycles. The molecule has 0 unspecified atom stereocenters. The standard InChI is InChI=1S/C16H21NO/c1-3-5-12-15(9-4-2)16(18)17-13-14-10-7-6-8-11-14/h4,6-8,10-11H,3,5,12-13H2,1-2H3,(H,17,18). The van der Waals surface area contributed by atoms with Gasteiger partial charge in [0.15, 0.2) is 0 Å². The minimum Gasteiger partial charge on any atom is -0.348 e. The van der Waals surface area contributed by atoms with Crippen molar-refractivity contribution in [3.8, 4) is 0 Å². The molecule has 0 spiro atoms. The molecule has 0 atom stereocenters. The van der Waals surface area contributed by atoms with Crippen LogP contribution in [-0.4, -0.2) is 5.91 Å². The molecule has 0 aromatic heterocycles. The second kappa shape index (κ2) is 8.32. The highest BCUT2D eigenvalue weighted by molar-refractivity contribution is 5.93. The Balaban J connectivity index is 2.55. The summed E-state index contributed by atoms with van der Waals surface area (Å²) in [5, 5.41) is 2.93. The molecular formula is C16H21NO. The molecule has 1 rings (SSSR count). The largest absolute Gasteiger partial charge is 0.348 e. The molecule has 1 aromatic carbocycles. The van der Waals surface area contributed by atoms with Crippen LogP contribution >= 0.6 is 0 Å². The van der Waals surface area contributed by atoms with Gasteiger partial charge in [-0.1, -0.05) is 43.7 Å². The van der Waals surface area contributed by atoms with Crippen LogP contribution in [0, 0.1) is 0 Å². The van der Waals surface area contributed by atoms with Crippen molar-refractivity contribution in [2.75, 3.05) is 0 Å². The van der Waals surface area contributed by atoms with Crippen LogP contribution in [0.3, 0.4) is 0 Å². The van der Waals surface area contributed by atoms with Crippen molar-refractivity contribution in [1.29, 1.82) is 0 Å². The molecule has 0 aliphatic rings. The number of rotatable bonds is 6. The number of unbranched alkanes of at least 4 members (excludes halogenated alkanes) is 1. The summed E-state index contributed by atoms with van der Waals surface area (Å²) >= 11 is 0. The average Bonchev–Trinajstić information content (AvgIpc) is 2.42. The minimum absolute atomic E-state index is 0.00889. The van der Waals surface area contributed by atoms with Crippen LogP contribution < -0.4 is 5.32 Å². The van der Waals surface area contributed by atoms with Gasteiger partial charge in [0.25, 0.3) is 5.91 Å². The molecule has 18 heavy (non-hydrogen) atoms. The van der Waals surface area contributed by atoms with Crippen LogP contribution in [0.5, 0.6) is 0 Å². The third-order valence-electron chi connectivity index (χ3n) is 2.67. The zero-order chi connectivity index (χ0) is 13.2. The maximum absolute atomic E-state index is 12.0. The maximum atomic E-state index is 12.0. The van der Waals surface area contributed by atoms with Crippen molar-refractivity contribution in [2.45, 2.75) is 39.7 Å². The minimum atomic E-state index is -0.00889. The SMILES string of the molecule is CC=C=C(CCCC)C(=O)NCc1ccccc1. The van der Waals surface area contributed by atoms with Gasteiger partial charge in [-0.15, -0.1) is 5.73 Å². The van der Waals surface area contributed by atoms with E-state index in [0.717, 1.165) is 30.4 Å². The fourth-order valence-electron chi connectivity index (χ4n) is 1.66. The summed E-state index contributed by atoms with van der Waals surface area (Å²) in [6.07, 6.45) is 4.70. The van der Waals surface area contributed by atoms with Crippen molar-refractivity contribution in [2.24, 2.45) is 0 Å². The van der Waals surface area contributed by atoms with E-state index in [4.69, 9.17) is 0 Å². The van der Waals surface area contributed by atoms with Crippen molar-refractivity contribution in [1.82, 2.24) is 5.32 Å². The first-order chi connectivity index (χ1) is 8.77. The molecule has 2 nitrogen and oxygen atoms in total. The monoisotopic (exact) mass is 243 g/mol. The number of nitrogens with one attached hydrogen (secondary N) is 1. The summed E-state index contributed by atoms with van der Waals surface area (Å²) in [4.78, 5) is 12.0. The van der Waals surface area contributed by atoms with E-state index in [1.54, 1.807) is 6.08 Å². The third-order valence-corrected chi connectivity index (χ3v) is 2.67. The highest BCUT2D eigenvalue weighted by Crippen LogP contribution is 2.07. The molecule has 96 valence electrons. The number of hydrogen-bond donors (Lipinski definition) is 1. The summed E-state index contributed by atoms with van der Waals surface area (Å²) in [7, 11) is 0. The van der Waals surface area contributed by atoms with Crippen LogP contribution in [-0.2, 0) is 11.3 Å². The number of amides is 1. The van der Waals surface area contributed by atoms with E-state index in [0.29, 0.717) is 6.54 Å². The van der Waals surface area contributed by atoms with Crippen LogP contribution in [0.15, 0.2) is 47.7 Å². The molecule has 1 aromatic rings. The van der Waals surface area contributed by atoms with Gasteiger partial charge in [-0.05, 0) is 31.4 Å². The van der Waals surface area contributed by atoms with Gasteiger partial charge in [-0.25, -0.2) is 0 Å². The summed E-state index contributed by atoms with van der Waals surface area (Å²) < 4.78 is 0. The first kappa shape index (κ1) is 14.3. The highest BCUT2D eigenvalue weighted by atomic mass is 16.1. The number of carbonyl (C=O) groups is 1. The molecule has 0 aliphatic heterocycles. The van der Waals surface area contributed by atoms with Gasteiger partial charge in [0, 0.05) is 6.54 Å². The quantitative estimate of drug-likeness (QED) is 0.600. The van der Waals surface area contributed by atoms with Crippen LogP contribution in [0.4, 0.5) is 0 Å². The molecular weight excluding hydrogens is 222 g/mol. The van der Waals surface area contributed by atoms with Crippen molar-refractivity contribution < 1.29 is 4.79 Å². The zero-order valence-corrected chi connectivity index (χ0v) is 11.2. The predicted octanol–water partition coefficient (Wildman–Crippen LogP) is 3.59. The van der Waals surface area contributed by atoms with Crippen molar-refractivity contribution in [3.05, 3.63) is 53.3 Å². The molecule has 0 saturated carbocycles. The molecule has 0 heterocycles. The van der Waals surface area contributed by atoms with E-state index < -0.39 is 0 Å². The Morgan fingerprint density at radius 3 is 2.67 bits per heavy atom. The van der Waals surface area contributed by atoms with Gasteiger partial charge >= 0.3 is 0 Å². The van der Waals surface area contributed by atoms with E-state index in [-0.39, 0.29) is 5.91 Å². The van der Waals surface area contributed by atoms with E-state index in [2.05, 4.69) is 18.0 Å². The van der Waals surface area contributed by atoms with Gasteiger partial charge < -0.3 is 5.32 Å². The summed E-state index contributed by atoms with van der Waals surface area (Å²) in [5.41, 5.74) is 4.89. The van der Waals surface area contributed by atoms with E-state index >= 15 is 0 Å². The number of hydrogen-bond acceptors (Lipinski definition) is 1. The van der Waals surface area contributed by atoms with Crippen LogP contribution in [0.25, 0.3) is 0 Å². The Morgan fingerprint density at radius 1 is 1.33 bits per heavy atom. The molecule has 1 amide bonds. The zero-order valence-electron chi connectivity index (χ0n) is 11.2. The van der Waals surface area contributed by atoms with Crippen LogP contribution in [0.2, 0.25) is 0 Å². The van der Waals surface area contributed by atoms with Gasteiger partial charge in [0.2, 0.25) is 0 Å². The lowest BCUT2D eigenvalue weighted by atomic mass is 10.1. The van der Waals surface area contributed by atoms with E-state index in [1.165, 1.54) is 0 Å². The second-order valence-electron chi connectivity index (χ2n) is 4.18. The topological polar surface area (TPSA) is 29.1 Å². The molecule has 0 bridgehead atoms. The second-order valence-corrected chi connectivity index (χ2v) is 4.18. The van der Waals surface area contributed by atoms with E-state index in [9.17, 15) is 4.79 Å². The Bertz CT molecular complexity index is 428. The molecule has 0 aliphatic carbocycles. The van der Waals surface area contributed by atoms with E-state index in [1.807, 2.05) is 37.3 Å². The smallest absolute Gasteiger partial charge is 0.255 e. The Hall–Kier alpha value is -1.79. The Kier molecular flexibility index (Phi) is 6.60. The summed E-state index contributed by atoms with van der Waals surface area (Å²) in [6.45, 7) is 4.58. The lowest BCUT2D eigenvalue weighted by molar-refractivity contribution is -0.117.